The Morgan fingerprint density at radius 1 is 1.19 bits per heavy atom. The molecule has 0 aliphatic carbocycles. The molecule has 0 N–H and O–H groups in total. The predicted octanol–water partition coefficient (Wildman–Crippen LogP) is 3.14. The van der Waals surface area contributed by atoms with Crippen LogP contribution in [0.25, 0.3) is 0 Å². The lowest BCUT2D eigenvalue weighted by molar-refractivity contribution is -0.141. The Morgan fingerprint density at radius 2 is 1.88 bits per heavy atom. The summed E-state index contributed by atoms with van der Waals surface area (Å²) in [7, 11) is 0. The maximum Gasteiger partial charge on any atom is 0.433 e. The summed E-state index contributed by atoms with van der Waals surface area (Å²) in [5, 5.41) is 0. The molecule has 0 unspecified atom stereocenters. The Balaban J connectivity index is 1.45. The summed E-state index contributed by atoms with van der Waals surface area (Å²) in [6.45, 7) is 2.93. The van der Waals surface area contributed by atoms with Gasteiger partial charge < -0.3 is 14.4 Å². The number of rotatable bonds is 4. The van der Waals surface area contributed by atoms with E-state index in [-0.39, 0.29) is 23.6 Å². The van der Waals surface area contributed by atoms with Gasteiger partial charge in [0.25, 0.3) is 0 Å². The minimum Gasteiger partial charge on any atom is -0.477 e. The SMILES string of the molecule is O=C(C1CCOCC1)N1CCC(COc2cccc(C(F)(F)F)n2)CC1. The number of aromatic nitrogens is 1. The number of ether oxygens (including phenoxy) is 2. The van der Waals surface area contributed by atoms with E-state index in [2.05, 4.69) is 4.98 Å². The van der Waals surface area contributed by atoms with E-state index in [0.717, 1.165) is 31.7 Å². The molecule has 2 aliphatic rings. The van der Waals surface area contributed by atoms with Gasteiger partial charge in [0.05, 0.1) is 6.61 Å². The largest absolute Gasteiger partial charge is 0.477 e. The van der Waals surface area contributed by atoms with Gasteiger partial charge in [-0.2, -0.15) is 13.2 Å². The van der Waals surface area contributed by atoms with Gasteiger partial charge in [0.2, 0.25) is 11.8 Å². The molecule has 1 aromatic rings. The van der Waals surface area contributed by atoms with Crippen molar-refractivity contribution in [3.8, 4) is 5.88 Å². The topological polar surface area (TPSA) is 51.7 Å². The van der Waals surface area contributed by atoms with Crippen LogP contribution >= 0.6 is 0 Å². The molecule has 0 atom stereocenters. The van der Waals surface area contributed by atoms with Crippen LogP contribution in [0.15, 0.2) is 18.2 Å². The second kappa shape index (κ2) is 8.24. The van der Waals surface area contributed by atoms with Gasteiger partial charge in [0.1, 0.15) is 5.69 Å². The third-order valence-electron chi connectivity index (χ3n) is 4.98. The lowest BCUT2D eigenvalue weighted by Crippen LogP contribution is -2.43. The normalized spacial score (nSPS) is 20.2. The van der Waals surface area contributed by atoms with E-state index < -0.39 is 11.9 Å². The molecule has 5 nitrogen and oxygen atoms in total. The maximum atomic E-state index is 12.7. The smallest absolute Gasteiger partial charge is 0.433 e. The minimum atomic E-state index is -4.48. The van der Waals surface area contributed by atoms with E-state index in [9.17, 15) is 18.0 Å². The molecule has 2 fully saturated rings. The fourth-order valence-electron chi connectivity index (χ4n) is 3.38. The van der Waals surface area contributed by atoms with E-state index in [0.29, 0.717) is 32.9 Å². The van der Waals surface area contributed by atoms with Crippen molar-refractivity contribution in [2.24, 2.45) is 11.8 Å². The number of likely N-dealkylation sites (tertiary alicyclic amines) is 1. The molecule has 0 bridgehead atoms. The number of hydrogen-bond acceptors (Lipinski definition) is 4. The molecule has 0 aromatic carbocycles. The monoisotopic (exact) mass is 372 g/mol. The van der Waals surface area contributed by atoms with Gasteiger partial charge in [-0.3, -0.25) is 4.79 Å². The van der Waals surface area contributed by atoms with Crippen molar-refractivity contribution >= 4 is 5.91 Å². The average molecular weight is 372 g/mol. The highest BCUT2D eigenvalue weighted by Gasteiger charge is 2.33. The van der Waals surface area contributed by atoms with Crippen LogP contribution in [-0.4, -0.2) is 48.7 Å². The third-order valence-corrected chi connectivity index (χ3v) is 4.98. The predicted molar refractivity (Wildman–Crippen MR) is 87.6 cm³/mol. The first-order chi connectivity index (χ1) is 12.4. The number of carbonyl (C=O) groups is 1. The molecule has 2 saturated heterocycles. The Hall–Kier alpha value is -1.83. The molecule has 8 heteroatoms. The molecule has 0 radical (unpaired) electrons. The highest BCUT2D eigenvalue weighted by Crippen LogP contribution is 2.29. The maximum absolute atomic E-state index is 12.7. The zero-order chi connectivity index (χ0) is 18.6. The van der Waals surface area contributed by atoms with E-state index in [4.69, 9.17) is 9.47 Å². The van der Waals surface area contributed by atoms with Gasteiger partial charge >= 0.3 is 6.18 Å². The van der Waals surface area contributed by atoms with Crippen LogP contribution in [0.5, 0.6) is 5.88 Å². The fourth-order valence-corrected chi connectivity index (χ4v) is 3.38. The minimum absolute atomic E-state index is 0.0134. The summed E-state index contributed by atoms with van der Waals surface area (Å²) >= 11 is 0. The van der Waals surface area contributed by atoms with Crippen molar-refractivity contribution in [1.82, 2.24) is 9.88 Å². The Kier molecular flexibility index (Phi) is 6.01. The summed E-state index contributed by atoms with van der Waals surface area (Å²) in [5.74, 6) is 0.462. The number of pyridine rings is 1. The first-order valence-electron chi connectivity index (χ1n) is 8.97. The first-order valence-corrected chi connectivity index (χ1v) is 8.97. The highest BCUT2D eigenvalue weighted by molar-refractivity contribution is 5.79. The van der Waals surface area contributed by atoms with E-state index >= 15 is 0 Å². The van der Waals surface area contributed by atoms with Gasteiger partial charge in [-0.15, -0.1) is 0 Å². The molecule has 2 aliphatic heterocycles. The van der Waals surface area contributed by atoms with Crippen LogP contribution in [0.4, 0.5) is 13.2 Å². The van der Waals surface area contributed by atoms with Gasteiger partial charge in [-0.05, 0) is 37.7 Å². The van der Waals surface area contributed by atoms with Crippen molar-refractivity contribution in [2.45, 2.75) is 31.9 Å². The van der Waals surface area contributed by atoms with Crippen molar-refractivity contribution in [3.63, 3.8) is 0 Å². The number of amides is 1. The van der Waals surface area contributed by atoms with E-state index in [1.54, 1.807) is 0 Å². The molecule has 3 rings (SSSR count). The average Bonchev–Trinajstić information content (AvgIpc) is 2.66. The van der Waals surface area contributed by atoms with Crippen LogP contribution in [0.2, 0.25) is 0 Å². The number of carbonyl (C=O) groups excluding carboxylic acids is 1. The van der Waals surface area contributed by atoms with Crippen LogP contribution in [0.3, 0.4) is 0 Å². The van der Waals surface area contributed by atoms with Crippen LogP contribution in [0, 0.1) is 11.8 Å². The second-order valence-electron chi connectivity index (χ2n) is 6.83. The molecule has 0 saturated carbocycles. The third kappa shape index (κ3) is 4.87. The zero-order valence-corrected chi connectivity index (χ0v) is 14.5. The first kappa shape index (κ1) is 18.9. The Bertz CT molecular complexity index is 610. The Morgan fingerprint density at radius 3 is 2.54 bits per heavy atom. The van der Waals surface area contributed by atoms with Crippen molar-refractivity contribution in [1.29, 1.82) is 0 Å². The molecule has 144 valence electrons. The standard InChI is InChI=1S/C18H23F3N2O3/c19-18(20,21)15-2-1-3-16(22-15)26-12-13-4-8-23(9-5-13)17(24)14-6-10-25-11-7-14/h1-3,13-14H,4-12H2. The van der Waals surface area contributed by atoms with E-state index in [1.165, 1.54) is 12.1 Å². The molecule has 3 heterocycles. The zero-order valence-electron chi connectivity index (χ0n) is 14.5. The number of alkyl halides is 3. The molecule has 26 heavy (non-hydrogen) atoms. The van der Waals surface area contributed by atoms with Crippen molar-refractivity contribution < 1.29 is 27.4 Å². The second-order valence-corrected chi connectivity index (χ2v) is 6.83. The Labute approximate surface area is 150 Å². The summed E-state index contributed by atoms with van der Waals surface area (Å²) in [4.78, 5) is 17.9. The van der Waals surface area contributed by atoms with Gasteiger partial charge in [0, 0.05) is 38.3 Å². The van der Waals surface area contributed by atoms with Crippen molar-refractivity contribution in [2.75, 3.05) is 32.9 Å². The number of hydrogen-bond donors (Lipinski definition) is 0. The number of nitrogens with zero attached hydrogens (tertiary/aromatic N) is 2. The van der Waals surface area contributed by atoms with Crippen molar-refractivity contribution in [3.05, 3.63) is 23.9 Å². The molecule has 1 aromatic heterocycles. The summed E-state index contributed by atoms with van der Waals surface area (Å²) < 4.78 is 48.8. The van der Waals surface area contributed by atoms with Gasteiger partial charge in [-0.1, -0.05) is 6.07 Å². The van der Waals surface area contributed by atoms with Gasteiger partial charge in [0.15, 0.2) is 0 Å². The molecule has 1 amide bonds. The van der Waals surface area contributed by atoms with Crippen LogP contribution < -0.4 is 4.74 Å². The van der Waals surface area contributed by atoms with E-state index in [1.807, 2.05) is 4.90 Å². The van der Waals surface area contributed by atoms with Crippen LogP contribution in [-0.2, 0) is 15.7 Å². The van der Waals surface area contributed by atoms with Crippen LogP contribution in [0.1, 0.15) is 31.4 Å². The molecular weight excluding hydrogens is 349 g/mol. The fraction of sp³-hybridized carbons (Fsp3) is 0.667. The molecular formula is C18H23F3N2O3. The summed E-state index contributed by atoms with van der Waals surface area (Å²) in [5.41, 5.74) is -0.952. The molecule has 0 spiro atoms. The lowest BCUT2D eigenvalue weighted by Gasteiger charge is -2.35. The van der Waals surface area contributed by atoms with Gasteiger partial charge in [-0.25, -0.2) is 4.98 Å². The number of piperidine rings is 1. The summed E-state index contributed by atoms with van der Waals surface area (Å²) in [6.07, 6.45) is -1.34. The lowest BCUT2D eigenvalue weighted by atomic mass is 9.94. The highest BCUT2D eigenvalue weighted by atomic mass is 19.4. The quantitative estimate of drug-likeness (QED) is 0.815. The number of halogens is 3. The summed E-state index contributed by atoms with van der Waals surface area (Å²) in [6, 6.07) is 3.65.